The normalized spacial score (nSPS) is 15.3. The quantitative estimate of drug-likeness (QED) is 0.873. The first kappa shape index (κ1) is 16.8. The highest BCUT2D eigenvalue weighted by Gasteiger charge is 2.20. The molecule has 0 spiro atoms. The lowest BCUT2D eigenvalue weighted by atomic mass is 10.1. The van der Waals surface area contributed by atoms with Crippen molar-refractivity contribution in [3.05, 3.63) is 40.4 Å². The monoisotopic (exact) mass is 389 g/mol. The van der Waals surface area contributed by atoms with Crippen molar-refractivity contribution in [2.45, 2.75) is 18.9 Å². The van der Waals surface area contributed by atoms with Gasteiger partial charge in [0.1, 0.15) is 28.0 Å². The molecule has 1 fully saturated rings. The van der Waals surface area contributed by atoms with Crippen LogP contribution in [0.3, 0.4) is 0 Å². The van der Waals surface area contributed by atoms with E-state index in [1.54, 1.807) is 12.3 Å². The Morgan fingerprint density at radius 1 is 1.38 bits per heavy atom. The molecular formula is C17H17BrFN5. The molecule has 0 saturated carbocycles. The van der Waals surface area contributed by atoms with Crippen molar-refractivity contribution >= 4 is 21.7 Å². The smallest absolute Gasteiger partial charge is 0.147 e. The number of anilines is 1. The maximum absolute atomic E-state index is 13.9. The largest absolute Gasteiger partial charge is 0.355 e. The van der Waals surface area contributed by atoms with E-state index in [-0.39, 0.29) is 5.56 Å². The number of hydrogen-bond acceptors (Lipinski definition) is 5. The zero-order valence-corrected chi connectivity index (χ0v) is 14.8. The minimum absolute atomic E-state index is 0.0214. The van der Waals surface area contributed by atoms with E-state index in [0.29, 0.717) is 21.9 Å². The topological polar surface area (TPSA) is 64.8 Å². The Morgan fingerprint density at radius 3 is 2.75 bits per heavy atom. The molecule has 1 aromatic carbocycles. The molecule has 0 unspecified atom stereocenters. The number of nitriles is 1. The predicted molar refractivity (Wildman–Crippen MR) is 94.1 cm³/mol. The van der Waals surface area contributed by atoms with Crippen molar-refractivity contribution in [1.82, 2.24) is 15.3 Å². The molecule has 24 heavy (non-hydrogen) atoms. The van der Waals surface area contributed by atoms with Gasteiger partial charge in [0.2, 0.25) is 0 Å². The minimum Gasteiger partial charge on any atom is -0.355 e. The van der Waals surface area contributed by atoms with E-state index in [0.717, 1.165) is 31.7 Å². The van der Waals surface area contributed by atoms with Gasteiger partial charge in [0.25, 0.3) is 0 Å². The van der Waals surface area contributed by atoms with Crippen molar-refractivity contribution in [1.29, 1.82) is 5.26 Å². The van der Waals surface area contributed by atoms with Gasteiger partial charge in [-0.2, -0.15) is 5.26 Å². The van der Waals surface area contributed by atoms with Crippen LogP contribution < -0.4 is 10.2 Å². The second-order valence-corrected chi connectivity index (χ2v) is 6.48. The molecule has 7 heteroatoms. The summed E-state index contributed by atoms with van der Waals surface area (Å²) in [6.07, 6.45) is 3.83. The molecule has 3 rings (SSSR count). The molecular weight excluding hydrogens is 373 g/mol. The van der Waals surface area contributed by atoms with E-state index in [4.69, 9.17) is 5.26 Å². The second-order valence-electron chi connectivity index (χ2n) is 5.72. The molecule has 1 aliphatic rings. The summed E-state index contributed by atoms with van der Waals surface area (Å²) in [5, 5.41) is 12.2. The van der Waals surface area contributed by atoms with Gasteiger partial charge in [-0.25, -0.2) is 14.4 Å². The lowest BCUT2D eigenvalue weighted by Crippen LogP contribution is -2.41. The fraction of sp³-hybridized carbons (Fsp3) is 0.353. The Labute approximate surface area is 148 Å². The van der Waals surface area contributed by atoms with Crippen LogP contribution in [0.4, 0.5) is 10.2 Å². The number of rotatable bonds is 3. The SMILES string of the molecule is CNC1CCN(c2cnc(Br)c(-c3ccc(C#N)c(F)c3)n2)CC1. The second kappa shape index (κ2) is 7.24. The summed E-state index contributed by atoms with van der Waals surface area (Å²) in [6, 6.07) is 6.84. The van der Waals surface area contributed by atoms with Gasteiger partial charge in [0.15, 0.2) is 0 Å². The zero-order valence-electron chi connectivity index (χ0n) is 13.3. The molecule has 0 atom stereocenters. The Balaban J connectivity index is 1.90. The molecule has 0 bridgehead atoms. The molecule has 0 aliphatic carbocycles. The Morgan fingerprint density at radius 2 is 2.12 bits per heavy atom. The average molecular weight is 390 g/mol. The van der Waals surface area contributed by atoms with Crippen LogP contribution in [0.1, 0.15) is 18.4 Å². The standard InChI is InChI=1S/C17H17BrFN5/c1-21-13-4-6-24(7-5-13)15-10-22-17(18)16(23-15)11-2-3-12(9-20)14(19)8-11/h2-3,8,10,13,21H,4-7H2,1H3. The van der Waals surface area contributed by atoms with Crippen molar-refractivity contribution in [3.8, 4) is 17.3 Å². The van der Waals surface area contributed by atoms with Crippen molar-refractivity contribution < 1.29 is 4.39 Å². The zero-order chi connectivity index (χ0) is 17.1. The summed E-state index contributed by atoms with van der Waals surface area (Å²) >= 11 is 3.38. The Hall–Kier alpha value is -2.04. The lowest BCUT2D eigenvalue weighted by molar-refractivity contribution is 0.440. The van der Waals surface area contributed by atoms with Crippen LogP contribution in [0.2, 0.25) is 0 Å². The molecule has 2 aromatic rings. The molecule has 1 aromatic heterocycles. The lowest BCUT2D eigenvalue weighted by Gasteiger charge is -2.32. The molecule has 1 N–H and O–H groups in total. The van der Waals surface area contributed by atoms with Gasteiger partial charge in [-0.15, -0.1) is 0 Å². The van der Waals surface area contributed by atoms with E-state index < -0.39 is 5.82 Å². The number of benzene rings is 1. The number of nitrogens with one attached hydrogen (secondary N) is 1. The summed E-state index contributed by atoms with van der Waals surface area (Å²) < 4.78 is 14.5. The number of hydrogen-bond donors (Lipinski definition) is 1. The first-order chi connectivity index (χ1) is 11.6. The number of nitrogens with zero attached hydrogens (tertiary/aromatic N) is 4. The summed E-state index contributed by atoms with van der Waals surface area (Å²) in [4.78, 5) is 11.2. The number of piperidine rings is 1. The fourth-order valence-electron chi connectivity index (χ4n) is 2.85. The summed E-state index contributed by atoms with van der Waals surface area (Å²) in [7, 11) is 1.98. The fourth-order valence-corrected chi connectivity index (χ4v) is 3.27. The third-order valence-corrected chi connectivity index (χ3v) is 4.89. The van der Waals surface area contributed by atoms with E-state index >= 15 is 0 Å². The third kappa shape index (κ3) is 3.40. The Bertz CT molecular complexity index is 781. The third-order valence-electron chi connectivity index (χ3n) is 4.31. The molecule has 124 valence electrons. The van der Waals surface area contributed by atoms with Gasteiger partial charge >= 0.3 is 0 Å². The highest BCUT2D eigenvalue weighted by atomic mass is 79.9. The van der Waals surface area contributed by atoms with E-state index in [9.17, 15) is 4.39 Å². The van der Waals surface area contributed by atoms with Crippen LogP contribution in [-0.4, -0.2) is 36.1 Å². The minimum atomic E-state index is -0.552. The first-order valence-corrected chi connectivity index (χ1v) is 8.56. The van der Waals surface area contributed by atoms with Crippen molar-refractivity contribution in [3.63, 3.8) is 0 Å². The van der Waals surface area contributed by atoms with Crippen molar-refractivity contribution in [2.24, 2.45) is 0 Å². The highest BCUT2D eigenvalue weighted by Crippen LogP contribution is 2.29. The van der Waals surface area contributed by atoms with Crippen molar-refractivity contribution in [2.75, 3.05) is 25.0 Å². The van der Waals surface area contributed by atoms with Crippen LogP contribution in [-0.2, 0) is 0 Å². The van der Waals surface area contributed by atoms with E-state index in [1.807, 2.05) is 13.1 Å². The number of aromatic nitrogens is 2. The van der Waals surface area contributed by atoms with Crippen LogP contribution in [0.5, 0.6) is 0 Å². The van der Waals surface area contributed by atoms with E-state index in [2.05, 4.69) is 36.1 Å². The van der Waals surface area contributed by atoms with Crippen LogP contribution in [0.25, 0.3) is 11.3 Å². The van der Waals surface area contributed by atoms with Crippen LogP contribution in [0.15, 0.2) is 29.0 Å². The molecule has 1 aliphatic heterocycles. The molecule has 1 saturated heterocycles. The first-order valence-electron chi connectivity index (χ1n) is 7.77. The molecule has 2 heterocycles. The van der Waals surface area contributed by atoms with Gasteiger partial charge in [-0.3, -0.25) is 0 Å². The molecule has 5 nitrogen and oxygen atoms in total. The summed E-state index contributed by atoms with van der Waals surface area (Å²) in [5.74, 6) is 0.233. The maximum Gasteiger partial charge on any atom is 0.147 e. The van der Waals surface area contributed by atoms with Crippen LogP contribution >= 0.6 is 15.9 Å². The molecule has 0 amide bonds. The average Bonchev–Trinajstić information content (AvgIpc) is 2.62. The van der Waals surface area contributed by atoms with Crippen LogP contribution in [0, 0.1) is 17.1 Å². The van der Waals surface area contributed by atoms with Gasteiger partial charge in [0.05, 0.1) is 11.8 Å². The van der Waals surface area contributed by atoms with Gasteiger partial charge in [-0.1, -0.05) is 6.07 Å². The van der Waals surface area contributed by atoms with Gasteiger partial charge < -0.3 is 10.2 Å². The maximum atomic E-state index is 13.9. The van der Waals surface area contributed by atoms with E-state index in [1.165, 1.54) is 12.1 Å². The highest BCUT2D eigenvalue weighted by molar-refractivity contribution is 9.10. The number of halogens is 2. The summed E-state index contributed by atoms with van der Waals surface area (Å²) in [6.45, 7) is 1.81. The van der Waals surface area contributed by atoms with Gasteiger partial charge in [-0.05, 0) is 48.0 Å². The molecule has 0 radical (unpaired) electrons. The predicted octanol–water partition coefficient (Wildman–Crippen LogP) is 3.11. The Kier molecular flexibility index (Phi) is 5.07. The van der Waals surface area contributed by atoms with Gasteiger partial charge in [0, 0.05) is 24.7 Å². The summed E-state index contributed by atoms with van der Waals surface area (Å²) in [5.41, 5.74) is 1.19.